The summed E-state index contributed by atoms with van der Waals surface area (Å²) in [5.41, 5.74) is 0.572. The molecule has 84 valence electrons. The molecule has 0 saturated carbocycles. The summed E-state index contributed by atoms with van der Waals surface area (Å²) in [4.78, 5) is 16.8. The first-order valence-electron chi connectivity index (χ1n) is 5.89. The molecule has 1 unspecified atom stereocenters. The molecule has 0 saturated heterocycles. The average Bonchev–Trinajstić information content (AvgIpc) is 2.58. The van der Waals surface area contributed by atoms with Gasteiger partial charge in [-0.05, 0) is 12.2 Å². The first-order chi connectivity index (χ1) is 8.05. The number of nitrogens with zero attached hydrogens (tertiary/aromatic N) is 1. The van der Waals surface area contributed by atoms with Crippen molar-refractivity contribution in [1.82, 2.24) is 9.97 Å². The molecule has 5 nitrogen and oxygen atoms in total. The van der Waals surface area contributed by atoms with Gasteiger partial charge in [0.2, 0.25) is 0 Å². The number of aromatic nitrogens is 2. The van der Waals surface area contributed by atoms with Crippen molar-refractivity contribution in [2.24, 2.45) is 0 Å². The van der Waals surface area contributed by atoms with E-state index in [4.69, 9.17) is 16.3 Å². The van der Waals surface area contributed by atoms with Crippen LogP contribution in [-0.2, 0) is 11.2 Å². The second-order valence-corrected chi connectivity index (χ2v) is 4.27. The van der Waals surface area contributed by atoms with Crippen molar-refractivity contribution in [2.45, 2.75) is 12.5 Å². The van der Waals surface area contributed by atoms with Gasteiger partial charge < -0.3 is 19.6 Å². The lowest BCUT2D eigenvalue weighted by Gasteiger charge is -2.30. The van der Waals surface area contributed by atoms with E-state index in [2.05, 4.69) is 9.97 Å². The van der Waals surface area contributed by atoms with Crippen molar-refractivity contribution in [3.05, 3.63) is 16.7 Å². The molecule has 0 aliphatic heterocycles. The quantitative estimate of drug-likeness (QED) is 0.531. The normalized spacial score (nSPS) is 17.6. The van der Waals surface area contributed by atoms with Crippen LogP contribution in [0.4, 0.5) is 0 Å². The number of carboxylic acids is 1. The summed E-state index contributed by atoms with van der Waals surface area (Å²) >= 11 is 4.84. The van der Waals surface area contributed by atoms with Crippen LogP contribution >= 0.6 is 12.2 Å². The molecule has 1 aromatic rings. The van der Waals surface area contributed by atoms with E-state index in [1.807, 2.05) is 0 Å². The second kappa shape index (κ2) is 4.16. The highest BCUT2D eigenvalue weighted by Gasteiger charge is 2.31. The summed E-state index contributed by atoms with van der Waals surface area (Å²) in [6.45, 7) is -2.41. The van der Waals surface area contributed by atoms with E-state index in [9.17, 15) is 9.90 Å². The van der Waals surface area contributed by atoms with Gasteiger partial charge in [-0.25, -0.2) is 4.79 Å². The fourth-order valence-corrected chi connectivity index (χ4v) is 1.47. The highest BCUT2D eigenvalue weighted by atomic mass is 32.1. The molecule has 0 fully saturated rings. The van der Waals surface area contributed by atoms with Gasteiger partial charge in [0, 0.05) is 11.9 Å². The Morgan fingerprint density at radius 1 is 1.80 bits per heavy atom. The molecule has 0 aliphatic carbocycles. The number of aromatic amines is 2. The van der Waals surface area contributed by atoms with E-state index in [1.165, 1.54) is 14.1 Å². The minimum atomic E-state index is -2.41. The molecule has 1 aromatic heterocycles. The minimum absolute atomic E-state index is 0.0634. The molecule has 3 N–H and O–H groups in total. The Hall–Kier alpha value is -1.14. The zero-order chi connectivity index (χ0) is 14.1. The number of imidazole rings is 1. The lowest BCUT2D eigenvalue weighted by Crippen LogP contribution is -2.51. The van der Waals surface area contributed by atoms with E-state index >= 15 is 0 Å². The molecule has 6 heteroatoms. The molecule has 1 rings (SSSR count). The third kappa shape index (κ3) is 3.17. The van der Waals surface area contributed by atoms with Crippen LogP contribution in [0.15, 0.2) is 6.20 Å². The molecule has 1 heterocycles. The van der Waals surface area contributed by atoms with Crippen molar-refractivity contribution in [2.75, 3.05) is 21.1 Å². The number of nitrogens with one attached hydrogen (secondary N) is 2. The zero-order valence-electron chi connectivity index (χ0n) is 11.6. The summed E-state index contributed by atoms with van der Waals surface area (Å²) in [6.07, 6.45) is 1.62. The molecule has 0 bridgehead atoms. The Balaban J connectivity index is 3.04. The standard InChI is InChI=1S/C9H15N3O2S/c1-12(2,3)7(8(13)14)4-6-5-10-9(15)11-6/h5,7H,4H2,1-3H3,(H2-,10,11,13,14,15)/p+1/i1D3. The maximum Gasteiger partial charge on any atom is 0.362 e. The SMILES string of the molecule is [2H]C([2H])([2H])[N+](C)(C)C(Cc1c[nH]c(=S)[nH]1)C(=O)O. The number of likely N-dealkylation sites (N-methyl/N-ethyl adjacent to an activating group) is 1. The van der Waals surface area contributed by atoms with Gasteiger partial charge >= 0.3 is 5.97 Å². The van der Waals surface area contributed by atoms with Crippen molar-refractivity contribution in [3.63, 3.8) is 0 Å². The summed E-state index contributed by atoms with van der Waals surface area (Å²) < 4.78 is 22.1. The Morgan fingerprint density at radius 3 is 2.87 bits per heavy atom. The number of carboxylic acid groups (broad SMARTS) is 1. The molecule has 15 heavy (non-hydrogen) atoms. The van der Waals surface area contributed by atoms with Crippen molar-refractivity contribution < 1.29 is 18.5 Å². The number of quaternary nitrogens is 1. The second-order valence-electron chi connectivity index (χ2n) is 3.87. The number of hydrogen-bond acceptors (Lipinski definition) is 2. The largest absolute Gasteiger partial charge is 0.477 e. The van der Waals surface area contributed by atoms with Gasteiger partial charge in [0.1, 0.15) is 0 Å². The first-order valence-corrected chi connectivity index (χ1v) is 4.79. The molecule has 0 radical (unpaired) electrons. The molecular formula is C9H16N3O2S+. The maximum absolute atomic E-state index is 11.3. The molecule has 1 atom stereocenters. The predicted molar refractivity (Wildman–Crippen MR) is 59.1 cm³/mol. The van der Waals surface area contributed by atoms with Crippen LogP contribution in [0.25, 0.3) is 0 Å². The Bertz CT molecular complexity index is 492. The lowest BCUT2D eigenvalue weighted by molar-refractivity contribution is -0.887. The summed E-state index contributed by atoms with van der Waals surface area (Å²) in [5.74, 6) is -1.16. The predicted octanol–water partition coefficient (Wildman–Crippen LogP) is 0.774. The minimum Gasteiger partial charge on any atom is -0.477 e. The van der Waals surface area contributed by atoms with Gasteiger partial charge in [0.25, 0.3) is 0 Å². The fraction of sp³-hybridized carbons (Fsp3) is 0.556. The van der Waals surface area contributed by atoms with Crippen LogP contribution in [-0.4, -0.2) is 52.6 Å². The average molecular weight is 233 g/mol. The Kier molecular flexibility index (Phi) is 2.23. The highest BCUT2D eigenvalue weighted by Crippen LogP contribution is 2.09. The van der Waals surface area contributed by atoms with E-state index in [0.29, 0.717) is 10.5 Å². The van der Waals surface area contributed by atoms with Gasteiger partial charge in [0.05, 0.1) is 31.6 Å². The number of H-pyrrole nitrogens is 2. The van der Waals surface area contributed by atoms with Crippen molar-refractivity contribution >= 4 is 18.2 Å². The molecule has 0 amide bonds. The van der Waals surface area contributed by atoms with Crippen LogP contribution in [0.1, 0.15) is 9.81 Å². The van der Waals surface area contributed by atoms with Gasteiger partial charge in [-0.1, -0.05) is 0 Å². The van der Waals surface area contributed by atoms with Gasteiger partial charge in [0.15, 0.2) is 10.8 Å². The summed E-state index contributed by atoms with van der Waals surface area (Å²) in [5, 5.41) is 9.22. The molecule has 0 spiro atoms. The van der Waals surface area contributed by atoms with E-state index in [0.717, 1.165) is 0 Å². The van der Waals surface area contributed by atoms with Gasteiger partial charge in [-0.3, -0.25) is 0 Å². The van der Waals surface area contributed by atoms with Crippen LogP contribution in [0.2, 0.25) is 0 Å². The molecule has 0 aliphatic rings. The van der Waals surface area contributed by atoms with Gasteiger partial charge in [-0.15, -0.1) is 0 Å². The Labute approximate surface area is 97.5 Å². The third-order valence-electron chi connectivity index (χ3n) is 2.13. The van der Waals surface area contributed by atoms with Crippen LogP contribution in [0, 0.1) is 4.77 Å². The van der Waals surface area contributed by atoms with Crippen LogP contribution in [0.5, 0.6) is 0 Å². The van der Waals surface area contributed by atoms with Crippen LogP contribution < -0.4 is 0 Å². The van der Waals surface area contributed by atoms with Crippen molar-refractivity contribution in [3.8, 4) is 0 Å². The number of carbonyl (C=O) groups is 1. The number of rotatable bonds is 4. The monoisotopic (exact) mass is 233 g/mol. The molecular weight excluding hydrogens is 214 g/mol. The smallest absolute Gasteiger partial charge is 0.362 e. The van der Waals surface area contributed by atoms with E-state index in [1.54, 1.807) is 6.20 Å². The first kappa shape index (κ1) is 8.06. The van der Waals surface area contributed by atoms with Crippen LogP contribution in [0.3, 0.4) is 0 Å². The molecule has 0 aromatic carbocycles. The van der Waals surface area contributed by atoms with Crippen molar-refractivity contribution in [1.29, 1.82) is 0 Å². The Morgan fingerprint density at radius 2 is 2.47 bits per heavy atom. The topological polar surface area (TPSA) is 68.9 Å². The summed E-state index contributed by atoms with van der Waals surface area (Å²) in [7, 11) is 2.76. The fourth-order valence-electron chi connectivity index (χ4n) is 1.28. The highest BCUT2D eigenvalue weighted by molar-refractivity contribution is 7.71. The van der Waals surface area contributed by atoms with Gasteiger partial charge in [-0.2, -0.15) is 0 Å². The van der Waals surface area contributed by atoms with E-state index < -0.39 is 23.5 Å². The summed E-state index contributed by atoms with van der Waals surface area (Å²) in [6, 6.07) is -1.08. The zero-order valence-corrected chi connectivity index (χ0v) is 9.39. The number of aliphatic carboxylic acids is 1. The lowest BCUT2D eigenvalue weighted by atomic mass is 10.1. The van der Waals surface area contributed by atoms with E-state index in [-0.39, 0.29) is 6.42 Å². The third-order valence-corrected chi connectivity index (χ3v) is 2.35. The maximum atomic E-state index is 11.3. The number of hydrogen-bond donors (Lipinski definition) is 3.